The topological polar surface area (TPSA) is 66.8 Å². The maximum absolute atomic E-state index is 12.0. The highest BCUT2D eigenvalue weighted by atomic mass is 16.6. The van der Waals surface area contributed by atoms with Gasteiger partial charge in [-0.1, -0.05) is 13.8 Å². The third-order valence-corrected chi connectivity index (χ3v) is 3.49. The van der Waals surface area contributed by atoms with Crippen molar-refractivity contribution in [3.05, 3.63) is 0 Å². The lowest BCUT2D eigenvalue weighted by Crippen LogP contribution is -2.49. The number of carboxylic acid groups (broad SMARTS) is 1. The van der Waals surface area contributed by atoms with Gasteiger partial charge >= 0.3 is 12.1 Å². The van der Waals surface area contributed by atoms with Crippen molar-refractivity contribution in [1.82, 2.24) is 4.90 Å². The molecule has 5 heteroatoms. The van der Waals surface area contributed by atoms with Crippen LogP contribution in [0.3, 0.4) is 0 Å². The molecule has 1 rings (SSSR count). The number of carbonyl (C=O) groups is 2. The van der Waals surface area contributed by atoms with Crippen LogP contribution in [-0.2, 0) is 9.53 Å². The number of piperidine rings is 1. The van der Waals surface area contributed by atoms with Gasteiger partial charge in [-0.15, -0.1) is 0 Å². The summed E-state index contributed by atoms with van der Waals surface area (Å²) in [6, 6.07) is 0. The smallest absolute Gasteiger partial charge is 0.410 e. The van der Waals surface area contributed by atoms with Crippen LogP contribution < -0.4 is 0 Å². The van der Waals surface area contributed by atoms with Crippen molar-refractivity contribution < 1.29 is 19.4 Å². The third kappa shape index (κ3) is 4.40. The number of rotatable bonds is 2. The molecule has 0 radical (unpaired) electrons. The Morgan fingerprint density at radius 3 is 2.32 bits per heavy atom. The number of carbonyl (C=O) groups excluding carboxylic acids is 1. The lowest BCUT2D eigenvalue weighted by Gasteiger charge is -2.38. The van der Waals surface area contributed by atoms with Crippen LogP contribution in [0.1, 0.15) is 41.0 Å². The molecule has 2 atom stereocenters. The van der Waals surface area contributed by atoms with Gasteiger partial charge < -0.3 is 14.7 Å². The van der Waals surface area contributed by atoms with E-state index >= 15 is 0 Å². The van der Waals surface area contributed by atoms with E-state index in [4.69, 9.17) is 4.74 Å². The molecule has 1 saturated heterocycles. The van der Waals surface area contributed by atoms with Gasteiger partial charge in [0.2, 0.25) is 0 Å². The summed E-state index contributed by atoms with van der Waals surface area (Å²) < 4.78 is 5.30. The first-order valence-corrected chi connectivity index (χ1v) is 6.82. The summed E-state index contributed by atoms with van der Waals surface area (Å²) in [6.07, 6.45) is 0.300. The summed E-state index contributed by atoms with van der Waals surface area (Å²) in [4.78, 5) is 24.8. The van der Waals surface area contributed by atoms with E-state index in [-0.39, 0.29) is 12.5 Å². The van der Waals surface area contributed by atoms with Crippen LogP contribution >= 0.6 is 0 Å². The van der Waals surface area contributed by atoms with Crippen LogP contribution in [0.25, 0.3) is 0 Å². The highest BCUT2D eigenvalue weighted by molar-refractivity contribution is 5.73. The second-order valence-electron chi connectivity index (χ2n) is 6.57. The molecule has 0 aromatic carbocycles. The molecule has 0 aromatic rings. The zero-order valence-electron chi connectivity index (χ0n) is 12.5. The summed E-state index contributed by atoms with van der Waals surface area (Å²) in [5, 5.41) is 9.31. The molecule has 0 spiro atoms. The largest absolute Gasteiger partial charge is 0.481 e. The van der Waals surface area contributed by atoms with E-state index in [2.05, 4.69) is 0 Å². The molecule has 19 heavy (non-hydrogen) atoms. The Kier molecular flexibility index (Phi) is 4.82. The van der Waals surface area contributed by atoms with Gasteiger partial charge in [0.1, 0.15) is 5.60 Å². The van der Waals surface area contributed by atoms with Crippen LogP contribution in [0.4, 0.5) is 4.79 Å². The molecule has 5 nitrogen and oxygen atoms in total. The van der Waals surface area contributed by atoms with E-state index < -0.39 is 23.6 Å². The number of hydrogen-bond acceptors (Lipinski definition) is 3. The highest BCUT2D eigenvalue weighted by Gasteiger charge is 2.38. The first-order chi connectivity index (χ1) is 8.61. The Balaban J connectivity index is 2.71. The summed E-state index contributed by atoms with van der Waals surface area (Å²) in [6.45, 7) is 10.3. The van der Waals surface area contributed by atoms with Crippen molar-refractivity contribution in [2.75, 3.05) is 13.1 Å². The van der Waals surface area contributed by atoms with Crippen molar-refractivity contribution >= 4 is 12.1 Å². The molecule has 0 saturated carbocycles. The van der Waals surface area contributed by atoms with Crippen LogP contribution in [0.5, 0.6) is 0 Å². The zero-order valence-corrected chi connectivity index (χ0v) is 12.5. The third-order valence-electron chi connectivity index (χ3n) is 3.49. The van der Waals surface area contributed by atoms with E-state index in [1.165, 1.54) is 4.90 Å². The average Bonchev–Trinajstić information content (AvgIpc) is 2.25. The summed E-state index contributed by atoms with van der Waals surface area (Å²) in [5.74, 6) is -0.897. The van der Waals surface area contributed by atoms with E-state index in [1.54, 1.807) is 20.8 Å². The molecule has 0 bridgehead atoms. The van der Waals surface area contributed by atoms with Crippen LogP contribution in [-0.4, -0.2) is 40.8 Å². The molecule has 110 valence electrons. The van der Waals surface area contributed by atoms with E-state index in [9.17, 15) is 14.7 Å². The van der Waals surface area contributed by atoms with Gasteiger partial charge in [0, 0.05) is 13.1 Å². The Morgan fingerprint density at radius 2 is 1.89 bits per heavy atom. The van der Waals surface area contributed by atoms with Crippen molar-refractivity contribution in [1.29, 1.82) is 0 Å². The van der Waals surface area contributed by atoms with Gasteiger partial charge in [-0.05, 0) is 39.0 Å². The minimum atomic E-state index is -0.827. The molecule has 1 aliphatic rings. The fraction of sp³-hybridized carbons (Fsp3) is 0.857. The standard InChI is InChI=1S/C14H25NO4/c1-9(2)10-6-7-15(8-11(10)12(16)17)13(18)19-14(3,4)5/h9-11H,6-8H2,1-5H3,(H,16,17)/t10-,11-/m1/s1. The Labute approximate surface area is 114 Å². The molecule has 1 amide bonds. The molecule has 0 aliphatic carbocycles. The minimum Gasteiger partial charge on any atom is -0.481 e. The fourth-order valence-electron chi connectivity index (χ4n) is 2.52. The second kappa shape index (κ2) is 5.80. The van der Waals surface area contributed by atoms with E-state index in [1.807, 2.05) is 13.8 Å². The summed E-state index contributed by atoms with van der Waals surface area (Å²) >= 11 is 0. The Hall–Kier alpha value is -1.26. The van der Waals surface area contributed by atoms with Crippen molar-refractivity contribution in [2.24, 2.45) is 17.8 Å². The van der Waals surface area contributed by atoms with E-state index in [0.29, 0.717) is 18.9 Å². The van der Waals surface area contributed by atoms with Gasteiger partial charge in [-0.3, -0.25) is 4.79 Å². The predicted octanol–water partition coefficient (Wildman–Crippen LogP) is 2.60. The van der Waals surface area contributed by atoms with Gasteiger partial charge in [0.15, 0.2) is 0 Å². The van der Waals surface area contributed by atoms with Gasteiger partial charge in [0.25, 0.3) is 0 Å². The lowest BCUT2D eigenvalue weighted by molar-refractivity contribution is -0.146. The second-order valence-corrected chi connectivity index (χ2v) is 6.57. The SMILES string of the molecule is CC(C)[C@H]1CCN(C(=O)OC(C)(C)C)C[C@H]1C(=O)O. The van der Waals surface area contributed by atoms with Gasteiger partial charge in [-0.25, -0.2) is 4.79 Å². The van der Waals surface area contributed by atoms with Crippen LogP contribution in [0, 0.1) is 17.8 Å². The summed E-state index contributed by atoms with van der Waals surface area (Å²) in [7, 11) is 0. The van der Waals surface area contributed by atoms with Crippen molar-refractivity contribution in [3.8, 4) is 0 Å². The number of amides is 1. The number of carboxylic acids is 1. The number of likely N-dealkylation sites (tertiary alicyclic amines) is 1. The molecule has 1 N–H and O–H groups in total. The maximum atomic E-state index is 12.0. The maximum Gasteiger partial charge on any atom is 0.410 e. The van der Waals surface area contributed by atoms with Crippen molar-refractivity contribution in [3.63, 3.8) is 0 Å². The first kappa shape index (κ1) is 15.8. The van der Waals surface area contributed by atoms with Crippen molar-refractivity contribution in [2.45, 2.75) is 46.6 Å². The summed E-state index contributed by atoms with van der Waals surface area (Å²) in [5.41, 5.74) is -0.551. The van der Waals surface area contributed by atoms with Crippen LogP contribution in [0.15, 0.2) is 0 Å². The van der Waals surface area contributed by atoms with Gasteiger partial charge in [0.05, 0.1) is 5.92 Å². The first-order valence-electron chi connectivity index (χ1n) is 6.82. The monoisotopic (exact) mass is 271 g/mol. The normalized spacial score (nSPS) is 24.4. The Morgan fingerprint density at radius 1 is 1.32 bits per heavy atom. The molecule has 0 aromatic heterocycles. The number of nitrogens with zero attached hydrogens (tertiary/aromatic N) is 1. The minimum absolute atomic E-state index is 0.121. The lowest BCUT2D eigenvalue weighted by atomic mass is 9.78. The van der Waals surface area contributed by atoms with Gasteiger partial charge in [-0.2, -0.15) is 0 Å². The molecule has 1 fully saturated rings. The predicted molar refractivity (Wildman–Crippen MR) is 71.9 cm³/mol. The molecule has 1 heterocycles. The molecule has 0 unspecified atom stereocenters. The molecular weight excluding hydrogens is 246 g/mol. The zero-order chi connectivity index (χ0) is 14.8. The number of aliphatic carboxylic acids is 1. The number of ether oxygens (including phenoxy) is 1. The van der Waals surface area contributed by atoms with E-state index in [0.717, 1.165) is 0 Å². The highest BCUT2D eigenvalue weighted by Crippen LogP contribution is 2.30. The number of hydrogen-bond donors (Lipinski definition) is 1. The molecule has 1 aliphatic heterocycles. The average molecular weight is 271 g/mol. The van der Waals surface area contributed by atoms with Crippen LogP contribution in [0.2, 0.25) is 0 Å². The Bertz CT molecular complexity index is 346. The quantitative estimate of drug-likeness (QED) is 0.838. The fourth-order valence-corrected chi connectivity index (χ4v) is 2.52. The molecular formula is C14H25NO4.